The van der Waals surface area contributed by atoms with E-state index in [9.17, 15) is 4.79 Å². The third kappa shape index (κ3) is 5.12. The number of rotatable bonds is 9. The molecule has 198 valence electrons. The standard InChI is InChI=1S/C30H30ClN7O/c1-36(2)22-9-6-20(7-10-22)26-18-38-27(21-8-11-24(25(31)15-21)28(39)14-19-4-5-19)17-33-30(38)29(35-26)32-16-23-12-13-34-37(23)3/h6-13,15,17-19H,4-5,14,16H2,1-3H3,(H,32,35). The molecular formula is C30H30ClN7O. The maximum absolute atomic E-state index is 12.7. The molecule has 0 unspecified atom stereocenters. The molecule has 8 nitrogen and oxygen atoms in total. The molecule has 0 atom stereocenters. The molecule has 0 radical (unpaired) electrons. The summed E-state index contributed by atoms with van der Waals surface area (Å²) in [7, 11) is 5.96. The van der Waals surface area contributed by atoms with E-state index in [-0.39, 0.29) is 5.78 Å². The molecule has 3 aromatic heterocycles. The topological polar surface area (TPSA) is 80.4 Å². The van der Waals surface area contributed by atoms with Gasteiger partial charge in [0, 0.05) is 62.3 Å². The molecule has 9 heteroatoms. The molecule has 1 aliphatic carbocycles. The summed E-state index contributed by atoms with van der Waals surface area (Å²) in [6.45, 7) is 0.550. The van der Waals surface area contributed by atoms with Gasteiger partial charge in [-0.2, -0.15) is 5.10 Å². The number of benzene rings is 2. The molecule has 0 amide bonds. The minimum Gasteiger partial charge on any atom is -0.378 e. The van der Waals surface area contributed by atoms with Crippen LogP contribution >= 0.6 is 11.6 Å². The predicted octanol–water partition coefficient (Wildman–Crippen LogP) is 6.11. The molecule has 6 rings (SSSR count). The molecule has 1 fully saturated rings. The molecule has 0 bridgehead atoms. The van der Waals surface area contributed by atoms with E-state index in [4.69, 9.17) is 21.6 Å². The second-order valence-corrected chi connectivity index (χ2v) is 10.7. The van der Waals surface area contributed by atoms with Crippen LogP contribution in [0.15, 0.2) is 67.1 Å². The van der Waals surface area contributed by atoms with Gasteiger partial charge in [0.05, 0.1) is 34.8 Å². The monoisotopic (exact) mass is 539 g/mol. The van der Waals surface area contributed by atoms with E-state index in [1.54, 1.807) is 6.20 Å². The Bertz CT molecular complexity index is 1660. The van der Waals surface area contributed by atoms with Gasteiger partial charge in [-0.25, -0.2) is 9.97 Å². The van der Waals surface area contributed by atoms with Crippen LogP contribution in [-0.2, 0) is 13.6 Å². The van der Waals surface area contributed by atoms with Gasteiger partial charge in [-0.05, 0) is 49.1 Å². The van der Waals surface area contributed by atoms with Crippen LogP contribution in [0.3, 0.4) is 0 Å². The molecule has 3 heterocycles. The number of nitrogens with zero attached hydrogens (tertiary/aromatic N) is 6. The van der Waals surface area contributed by atoms with Crippen molar-refractivity contribution in [1.82, 2.24) is 24.1 Å². The van der Waals surface area contributed by atoms with Gasteiger partial charge < -0.3 is 10.2 Å². The number of hydrogen-bond donors (Lipinski definition) is 1. The number of aryl methyl sites for hydroxylation is 1. The summed E-state index contributed by atoms with van der Waals surface area (Å²) in [4.78, 5) is 24.5. The van der Waals surface area contributed by atoms with Gasteiger partial charge in [0.15, 0.2) is 17.2 Å². The highest BCUT2D eigenvalue weighted by atomic mass is 35.5. The first-order chi connectivity index (χ1) is 18.9. The first kappa shape index (κ1) is 25.1. The summed E-state index contributed by atoms with van der Waals surface area (Å²) in [6, 6.07) is 15.9. The first-order valence-corrected chi connectivity index (χ1v) is 13.4. The fraction of sp³-hybridized carbons (Fsp3) is 0.267. The zero-order valence-electron chi connectivity index (χ0n) is 22.2. The average Bonchev–Trinajstić information content (AvgIpc) is 3.48. The van der Waals surface area contributed by atoms with E-state index >= 15 is 0 Å². The minimum absolute atomic E-state index is 0.113. The van der Waals surface area contributed by atoms with Crippen molar-refractivity contribution in [2.24, 2.45) is 13.0 Å². The molecule has 39 heavy (non-hydrogen) atoms. The summed E-state index contributed by atoms with van der Waals surface area (Å²) in [5, 5.41) is 8.19. The quantitative estimate of drug-likeness (QED) is 0.228. The van der Waals surface area contributed by atoms with Gasteiger partial charge in [-0.3, -0.25) is 13.9 Å². The van der Waals surface area contributed by atoms with Gasteiger partial charge in [-0.1, -0.05) is 29.8 Å². The van der Waals surface area contributed by atoms with Crippen LogP contribution in [0.1, 0.15) is 35.3 Å². The Morgan fingerprint density at radius 3 is 2.54 bits per heavy atom. The lowest BCUT2D eigenvalue weighted by atomic mass is 10.0. The zero-order valence-corrected chi connectivity index (χ0v) is 23.0. The van der Waals surface area contributed by atoms with Crippen LogP contribution in [0.25, 0.3) is 28.2 Å². The van der Waals surface area contributed by atoms with Gasteiger partial charge in [-0.15, -0.1) is 0 Å². The Hall–Kier alpha value is -4.17. The third-order valence-corrected chi connectivity index (χ3v) is 7.58. The predicted molar refractivity (Wildman–Crippen MR) is 155 cm³/mol. The average molecular weight is 540 g/mol. The van der Waals surface area contributed by atoms with Crippen molar-refractivity contribution in [1.29, 1.82) is 0 Å². The van der Waals surface area contributed by atoms with Crippen LogP contribution in [0, 0.1) is 5.92 Å². The summed E-state index contributed by atoms with van der Waals surface area (Å²) in [6.07, 6.45) is 8.43. The fourth-order valence-electron chi connectivity index (χ4n) is 4.73. The lowest BCUT2D eigenvalue weighted by Crippen LogP contribution is -2.09. The zero-order chi connectivity index (χ0) is 27.1. The SMILES string of the molecule is CN(C)c1ccc(-c2cn3c(-c4ccc(C(=O)CC5CC5)c(Cl)c4)cnc3c(NCc3ccnn3C)n2)cc1. The number of carbonyl (C=O) groups excluding carboxylic acids is 1. The number of ketones is 1. The van der Waals surface area contributed by atoms with E-state index < -0.39 is 0 Å². The van der Waals surface area contributed by atoms with Crippen molar-refractivity contribution in [3.8, 4) is 22.5 Å². The highest BCUT2D eigenvalue weighted by molar-refractivity contribution is 6.34. The largest absolute Gasteiger partial charge is 0.378 e. The minimum atomic E-state index is 0.113. The molecule has 5 aromatic rings. The number of anilines is 2. The number of carbonyl (C=O) groups is 1. The van der Waals surface area contributed by atoms with Crippen LogP contribution in [0.4, 0.5) is 11.5 Å². The van der Waals surface area contributed by atoms with Crippen molar-refractivity contribution in [2.45, 2.75) is 25.8 Å². The van der Waals surface area contributed by atoms with E-state index in [0.717, 1.165) is 46.7 Å². The van der Waals surface area contributed by atoms with E-state index in [1.807, 2.05) is 66.9 Å². The number of Topliss-reactive ketones (excluding diaryl/α,β-unsaturated/α-hetero) is 1. The second kappa shape index (κ2) is 10.2. The van der Waals surface area contributed by atoms with Crippen LogP contribution in [-0.4, -0.2) is 44.0 Å². The van der Waals surface area contributed by atoms with Crippen molar-refractivity contribution >= 4 is 34.5 Å². The lowest BCUT2D eigenvalue weighted by Gasteiger charge is -2.14. The second-order valence-electron chi connectivity index (χ2n) is 10.3. The number of nitrogens with one attached hydrogen (secondary N) is 1. The van der Waals surface area contributed by atoms with Gasteiger partial charge >= 0.3 is 0 Å². The number of halogens is 1. The van der Waals surface area contributed by atoms with Gasteiger partial charge in [0.2, 0.25) is 0 Å². The van der Waals surface area contributed by atoms with E-state index in [2.05, 4.69) is 39.6 Å². The Morgan fingerprint density at radius 2 is 1.87 bits per heavy atom. The fourth-order valence-corrected chi connectivity index (χ4v) is 5.02. The normalized spacial score (nSPS) is 13.1. The molecule has 0 aliphatic heterocycles. The molecule has 2 aromatic carbocycles. The Labute approximate surface area is 232 Å². The molecule has 1 N–H and O–H groups in total. The van der Waals surface area contributed by atoms with Crippen molar-refractivity contribution in [3.63, 3.8) is 0 Å². The number of hydrogen-bond acceptors (Lipinski definition) is 6. The maximum atomic E-state index is 12.7. The Kier molecular flexibility index (Phi) is 6.56. The first-order valence-electron chi connectivity index (χ1n) is 13.1. The molecule has 1 aliphatic rings. The van der Waals surface area contributed by atoms with Crippen LogP contribution in [0.5, 0.6) is 0 Å². The molecule has 1 saturated carbocycles. The number of aromatic nitrogens is 5. The van der Waals surface area contributed by atoms with Crippen molar-refractivity contribution in [3.05, 3.63) is 83.4 Å². The third-order valence-electron chi connectivity index (χ3n) is 7.27. The number of imidazole rings is 1. The van der Waals surface area contributed by atoms with Gasteiger partial charge in [0.1, 0.15) is 0 Å². The highest BCUT2D eigenvalue weighted by Crippen LogP contribution is 2.35. The lowest BCUT2D eigenvalue weighted by molar-refractivity contribution is 0.0976. The van der Waals surface area contributed by atoms with Crippen LogP contribution < -0.4 is 10.2 Å². The van der Waals surface area contributed by atoms with E-state index in [1.165, 1.54) is 0 Å². The number of fused-ring (bicyclic) bond motifs is 1. The molecule has 0 saturated heterocycles. The van der Waals surface area contributed by atoms with Gasteiger partial charge in [0.25, 0.3) is 0 Å². The molecular weight excluding hydrogens is 510 g/mol. The van der Waals surface area contributed by atoms with Crippen molar-refractivity contribution in [2.75, 3.05) is 24.3 Å². The van der Waals surface area contributed by atoms with E-state index in [0.29, 0.717) is 40.9 Å². The summed E-state index contributed by atoms with van der Waals surface area (Å²) >= 11 is 6.63. The summed E-state index contributed by atoms with van der Waals surface area (Å²) < 4.78 is 3.87. The maximum Gasteiger partial charge on any atom is 0.180 e. The highest BCUT2D eigenvalue weighted by Gasteiger charge is 2.26. The summed E-state index contributed by atoms with van der Waals surface area (Å²) in [5.41, 5.74) is 6.98. The Morgan fingerprint density at radius 1 is 1.10 bits per heavy atom. The Balaban J connectivity index is 1.41. The van der Waals surface area contributed by atoms with Crippen LogP contribution in [0.2, 0.25) is 5.02 Å². The summed E-state index contributed by atoms with van der Waals surface area (Å²) in [5.74, 6) is 1.29. The van der Waals surface area contributed by atoms with Crippen molar-refractivity contribution < 1.29 is 4.79 Å². The smallest absolute Gasteiger partial charge is 0.180 e. The molecule has 0 spiro atoms.